The first-order valence-electron chi connectivity index (χ1n) is 8.32. The second-order valence-electron chi connectivity index (χ2n) is 7.79. The zero-order valence-corrected chi connectivity index (χ0v) is 16.6. The Balaban J connectivity index is 2.48. The van der Waals surface area contributed by atoms with Crippen molar-refractivity contribution in [2.75, 3.05) is 0 Å². The molecule has 1 aromatic rings. The van der Waals surface area contributed by atoms with E-state index in [1.54, 1.807) is 27.7 Å². The molecule has 0 aliphatic carbocycles. The molecule has 0 unspecified atom stereocenters. The average Bonchev–Trinajstić information content (AvgIpc) is 2.37. The van der Waals surface area contributed by atoms with Crippen molar-refractivity contribution in [3.8, 4) is 0 Å². The Hall–Kier alpha value is -1.75. The minimum atomic E-state index is -0.656. The lowest BCUT2D eigenvalue weighted by molar-refractivity contribution is -0.156. The Morgan fingerprint density at radius 3 is 2.16 bits per heavy atom. The number of benzene rings is 1. The van der Waals surface area contributed by atoms with Crippen LogP contribution in [0, 0.1) is 0 Å². The highest BCUT2D eigenvalue weighted by atomic mass is 35.5. The number of nitrogens with one attached hydrogen (secondary N) is 1. The van der Waals surface area contributed by atoms with E-state index in [9.17, 15) is 9.59 Å². The van der Waals surface area contributed by atoms with E-state index in [1.807, 2.05) is 38.1 Å². The monoisotopic (exact) mass is 369 g/mol. The van der Waals surface area contributed by atoms with Gasteiger partial charge in [-0.1, -0.05) is 23.7 Å². The molecule has 25 heavy (non-hydrogen) atoms. The number of hydrogen-bond acceptors (Lipinski definition) is 4. The van der Waals surface area contributed by atoms with Crippen molar-refractivity contribution in [3.63, 3.8) is 0 Å². The van der Waals surface area contributed by atoms with Gasteiger partial charge >= 0.3 is 12.1 Å². The van der Waals surface area contributed by atoms with Gasteiger partial charge in [-0.15, -0.1) is 0 Å². The van der Waals surface area contributed by atoms with Crippen LogP contribution in [0.1, 0.15) is 53.5 Å². The van der Waals surface area contributed by atoms with Gasteiger partial charge in [0.25, 0.3) is 0 Å². The molecule has 0 radical (unpaired) electrons. The van der Waals surface area contributed by atoms with Crippen molar-refractivity contribution in [1.29, 1.82) is 0 Å². The highest BCUT2D eigenvalue weighted by Crippen LogP contribution is 2.20. The van der Waals surface area contributed by atoms with Crippen LogP contribution < -0.4 is 5.32 Å². The molecule has 0 saturated heterocycles. The Labute approximate surface area is 155 Å². The molecule has 0 fully saturated rings. The molecule has 1 aromatic carbocycles. The van der Waals surface area contributed by atoms with Crippen LogP contribution >= 0.6 is 11.6 Å². The number of carbonyl (C=O) groups is 2. The summed E-state index contributed by atoms with van der Waals surface area (Å²) in [6.07, 6.45) is 0.0980. The molecular formula is C19H28ClNO4. The van der Waals surface area contributed by atoms with Crippen LogP contribution in [0.25, 0.3) is 0 Å². The minimum Gasteiger partial charge on any atom is -0.459 e. The molecule has 0 aliphatic heterocycles. The Morgan fingerprint density at radius 1 is 1.08 bits per heavy atom. The Kier molecular flexibility index (Phi) is 7.29. The van der Waals surface area contributed by atoms with Crippen molar-refractivity contribution in [3.05, 3.63) is 34.9 Å². The lowest BCUT2D eigenvalue weighted by Gasteiger charge is -2.26. The molecule has 0 heterocycles. The van der Waals surface area contributed by atoms with Crippen LogP contribution in [0.3, 0.4) is 0 Å². The zero-order chi connectivity index (χ0) is 19.3. The molecule has 0 aliphatic rings. The number of esters is 1. The summed E-state index contributed by atoms with van der Waals surface area (Å²) in [6.45, 7) is 10.8. The van der Waals surface area contributed by atoms with Gasteiger partial charge in [0.1, 0.15) is 11.2 Å². The molecule has 1 amide bonds. The molecule has 0 saturated carbocycles. The smallest absolute Gasteiger partial charge is 0.407 e. The van der Waals surface area contributed by atoms with Gasteiger partial charge < -0.3 is 14.8 Å². The number of alkyl carbamates (subject to hydrolysis) is 1. The van der Waals surface area contributed by atoms with Crippen molar-refractivity contribution in [1.82, 2.24) is 5.32 Å². The fourth-order valence-corrected chi connectivity index (χ4v) is 2.42. The summed E-state index contributed by atoms with van der Waals surface area (Å²) in [6, 6.07) is 7.05. The Bertz CT molecular complexity index is 590. The molecule has 0 aromatic heterocycles. The molecule has 1 atom stereocenters. The first kappa shape index (κ1) is 21.3. The summed E-state index contributed by atoms with van der Waals surface area (Å²) in [4.78, 5) is 23.9. The molecule has 0 spiro atoms. The largest absolute Gasteiger partial charge is 0.459 e. The van der Waals surface area contributed by atoms with Crippen LogP contribution in [-0.2, 0) is 20.7 Å². The fourth-order valence-electron chi connectivity index (χ4n) is 2.29. The van der Waals surface area contributed by atoms with Crippen LogP contribution in [0.5, 0.6) is 0 Å². The summed E-state index contributed by atoms with van der Waals surface area (Å²) < 4.78 is 10.7. The van der Waals surface area contributed by atoms with Gasteiger partial charge in [-0.2, -0.15) is 0 Å². The molecule has 1 N–H and O–H groups in total. The zero-order valence-electron chi connectivity index (χ0n) is 15.8. The quantitative estimate of drug-likeness (QED) is 0.749. The fraction of sp³-hybridized carbons (Fsp3) is 0.579. The maximum atomic E-state index is 12.1. The third-order valence-electron chi connectivity index (χ3n) is 3.17. The predicted molar refractivity (Wildman–Crippen MR) is 98.8 cm³/mol. The number of rotatable bonds is 6. The first-order chi connectivity index (χ1) is 11.4. The van der Waals surface area contributed by atoms with E-state index in [-0.39, 0.29) is 18.4 Å². The average molecular weight is 370 g/mol. The SMILES string of the molecule is C[C@@H](CC(=O)OC(C)(C)Cc1ccc(Cl)cc1)NC(=O)OC(C)(C)C. The third kappa shape index (κ3) is 9.34. The van der Waals surface area contributed by atoms with Crippen molar-refractivity contribution in [2.45, 2.75) is 71.6 Å². The van der Waals surface area contributed by atoms with E-state index >= 15 is 0 Å². The summed E-state index contributed by atoms with van der Waals surface area (Å²) in [5, 5.41) is 3.30. The maximum absolute atomic E-state index is 12.1. The van der Waals surface area contributed by atoms with Crippen molar-refractivity contribution >= 4 is 23.7 Å². The van der Waals surface area contributed by atoms with Gasteiger partial charge in [0.2, 0.25) is 0 Å². The standard InChI is InChI=1S/C19H28ClNO4/c1-13(21-17(23)25-18(2,3)4)11-16(22)24-19(5,6)12-14-7-9-15(20)10-8-14/h7-10,13H,11-12H2,1-6H3,(H,21,23)/t13-/m0/s1. The lowest BCUT2D eigenvalue weighted by Crippen LogP contribution is -2.40. The van der Waals surface area contributed by atoms with Gasteiger partial charge in [-0.3, -0.25) is 4.79 Å². The van der Waals surface area contributed by atoms with E-state index in [2.05, 4.69) is 5.32 Å². The molecule has 0 bridgehead atoms. The van der Waals surface area contributed by atoms with E-state index < -0.39 is 17.3 Å². The van der Waals surface area contributed by atoms with Crippen molar-refractivity contribution < 1.29 is 19.1 Å². The highest BCUT2D eigenvalue weighted by Gasteiger charge is 2.25. The molecular weight excluding hydrogens is 342 g/mol. The van der Waals surface area contributed by atoms with E-state index in [0.717, 1.165) is 5.56 Å². The second-order valence-corrected chi connectivity index (χ2v) is 8.22. The van der Waals surface area contributed by atoms with Gasteiger partial charge in [0.05, 0.1) is 6.42 Å². The molecule has 5 nitrogen and oxygen atoms in total. The summed E-state index contributed by atoms with van der Waals surface area (Å²) in [5.74, 6) is -0.373. The second kappa shape index (κ2) is 8.56. The van der Waals surface area contributed by atoms with Crippen LogP contribution in [0.15, 0.2) is 24.3 Å². The topological polar surface area (TPSA) is 64.6 Å². The van der Waals surface area contributed by atoms with Gasteiger partial charge in [-0.05, 0) is 59.2 Å². The minimum absolute atomic E-state index is 0.0727. The van der Waals surface area contributed by atoms with Crippen molar-refractivity contribution in [2.24, 2.45) is 0 Å². The van der Waals surface area contributed by atoms with Gasteiger partial charge in [0, 0.05) is 17.5 Å². The predicted octanol–water partition coefficient (Wildman–Crippen LogP) is 4.51. The van der Waals surface area contributed by atoms with Crippen LogP contribution in [0.2, 0.25) is 5.02 Å². The maximum Gasteiger partial charge on any atom is 0.407 e. The highest BCUT2D eigenvalue weighted by molar-refractivity contribution is 6.30. The normalized spacial score (nSPS) is 13.1. The van der Waals surface area contributed by atoms with E-state index in [0.29, 0.717) is 11.4 Å². The third-order valence-corrected chi connectivity index (χ3v) is 3.42. The molecule has 1 rings (SSSR count). The Morgan fingerprint density at radius 2 is 1.64 bits per heavy atom. The lowest BCUT2D eigenvalue weighted by atomic mass is 9.98. The molecule has 140 valence electrons. The number of amides is 1. The number of hydrogen-bond donors (Lipinski definition) is 1. The van der Waals surface area contributed by atoms with E-state index in [4.69, 9.17) is 21.1 Å². The van der Waals surface area contributed by atoms with Gasteiger partial charge in [-0.25, -0.2) is 4.79 Å². The first-order valence-corrected chi connectivity index (χ1v) is 8.70. The number of carbonyl (C=O) groups excluding carboxylic acids is 2. The summed E-state index contributed by atoms with van der Waals surface area (Å²) >= 11 is 5.88. The van der Waals surface area contributed by atoms with Crippen LogP contribution in [-0.4, -0.2) is 29.3 Å². The summed E-state index contributed by atoms with van der Waals surface area (Å²) in [5.41, 5.74) is -0.205. The van der Waals surface area contributed by atoms with E-state index in [1.165, 1.54) is 0 Å². The van der Waals surface area contributed by atoms with Crippen LogP contribution in [0.4, 0.5) is 4.79 Å². The van der Waals surface area contributed by atoms with Gasteiger partial charge in [0.15, 0.2) is 0 Å². The summed E-state index contributed by atoms with van der Waals surface area (Å²) in [7, 11) is 0. The number of ether oxygens (including phenoxy) is 2. The number of halogens is 1. The molecule has 6 heteroatoms.